The summed E-state index contributed by atoms with van der Waals surface area (Å²) in [5, 5.41) is 11.5. The van der Waals surface area contributed by atoms with Gasteiger partial charge in [-0.2, -0.15) is 10.2 Å². The number of carbonyl (C=O) groups excluding carboxylic acids is 1. The van der Waals surface area contributed by atoms with Crippen LogP contribution in [0.3, 0.4) is 0 Å². The fourth-order valence-electron chi connectivity index (χ4n) is 6.62. The molecule has 1 aliphatic carbocycles. The van der Waals surface area contributed by atoms with Gasteiger partial charge in [0.25, 0.3) is 5.91 Å². The Morgan fingerprint density at radius 2 is 1.65 bits per heavy atom. The minimum atomic E-state index is -0.184. The van der Waals surface area contributed by atoms with Crippen molar-refractivity contribution >= 4 is 17.5 Å². The second kappa shape index (κ2) is 14.3. The first-order chi connectivity index (χ1) is 20.8. The lowest BCUT2D eigenvalue weighted by atomic mass is 9.96. The Balaban J connectivity index is 1.21. The number of nitriles is 1. The van der Waals surface area contributed by atoms with Crippen LogP contribution in [0.25, 0.3) is 0 Å². The van der Waals surface area contributed by atoms with E-state index < -0.39 is 0 Å². The highest BCUT2D eigenvalue weighted by molar-refractivity contribution is 5.95. The molecular weight excluding hydrogens is 538 g/mol. The predicted molar refractivity (Wildman–Crippen MR) is 171 cm³/mol. The van der Waals surface area contributed by atoms with Crippen LogP contribution < -0.4 is 15.3 Å². The summed E-state index contributed by atoms with van der Waals surface area (Å²) in [6, 6.07) is 10.1. The van der Waals surface area contributed by atoms with Crippen LogP contribution in [-0.2, 0) is 6.54 Å². The van der Waals surface area contributed by atoms with Crippen LogP contribution in [0.15, 0.2) is 37.0 Å². The number of rotatable bonds is 10. The minimum Gasteiger partial charge on any atom is -0.336 e. The van der Waals surface area contributed by atoms with Gasteiger partial charge in [-0.1, -0.05) is 31.6 Å². The number of piperazine rings is 1. The number of carbonyl (C=O) groups is 1. The zero-order chi connectivity index (χ0) is 30.3. The molecule has 1 N–H and O–H groups in total. The van der Waals surface area contributed by atoms with Crippen LogP contribution in [0, 0.1) is 24.2 Å². The van der Waals surface area contributed by atoms with E-state index in [1.807, 2.05) is 31.1 Å². The third kappa shape index (κ3) is 7.71. The smallest absolute Gasteiger partial charge is 0.269 e. The number of nitrogens with zero attached hydrogens (tertiary/aromatic N) is 8. The van der Waals surface area contributed by atoms with Gasteiger partial charge in [-0.25, -0.2) is 4.98 Å². The number of anilines is 2. The van der Waals surface area contributed by atoms with Crippen molar-refractivity contribution in [3.63, 3.8) is 0 Å². The third-order valence-electron chi connectivity index (χ3n) is 9.38. The van der Waals surface area contributed by atoms with E-state index >= 15 is 0 Å². The van der Waals surface area contributed by atoms with Gasteiger partial charge in [0.2, 0.25) is 5.82 Å². The number of nitrogens with one attached hydrogen (secondary N) is 1. The van der Waals surface area contributed by atoms with E-state index in [1.54, 1.807) is 11.1 Å². The highest BCUT2D eigenvalue weighted by atomic mass is 16.2. The second-order valence-electron chi connectivity index (χ2n) is 12.5. The molecule has 1 aromatic heterocycles. The molecule has 0 spiro atoms. The van der Waals surface area contributed by atoms with E-state index in [9.17, 15) is 10.1 Å². The largest absolute Gasteiger partial charge is 0.336 e. The first-order valence-corrected chi connectivity index (χ1v) is 15.8. The van der Waals surface area contributed by atoms with Crippen LogP contribution in [-0.4, -0.2) is 96.5 Å². The number of likely N-dealkylation sites (tertiary alicyclic amines) is 1. The summed E-state index contributed by atoms with van der Waals surface area (Å²) in [7, 11) is 4.06. The molecule has 0 atom stereocenters. The Morgan fingerprint density at radius 3 is 2.28 bits per heavy atom. The van der Waals surface area contributed by atoms with Crippen molar-refractivity contribution in [3.8, 4) is 6.07 Å². The lowest BCUT2D eigenvalue weighted by molar-refractivity contribution is 0.0943. The number of hydrazine groups is 1. The topological polar surface area (TPSA) is 94.9 Å². The highest BCUT2D eigenvalue weighted by Gasteiger charge is 2.29. The Hall–Kier alpha value is -3.52. The van der Waals surface area contributed by atoms with Crippen molar-refractivity contribution in [3.05, 3.63) is 59.6 Å². The van der Waals surface area contributed by atoms with Gasteiger partial charge < -0.3 is 14.7 Å². The quantitative estimate of drug-likeness (QED) is 0.418. The predicted octanol–water partition coefficient (Wildman–Crippen LogP) is 3.79. The van der Waals surface area contributed by atoms with Crippen molar-refractivity contribution < 1.29 is 4.79 Å². The lowest BCUT2D eigenvalue weighted by Crippen LogP contribution is -2.49. The van der Waals surface area contributed by atoms with E-state index in [4.69, 9.17) is 0 Å². The first kappa shape index (κ1) is 30.9. The maximum Gasteiger partial charge on any atom is 0.269 e. The van der Waals surface area contributed by atoms with Crippen molar-refractivity contribution in [2.45, 2.75) is 58.0 Å². The molecule has 0 radical (unpaired) electrons. The maximum atomic E-state index is 13.5. The fraction of sp³-hybridized carbons (Fsp3) is 0.576. The van der Waals surface area contributed by atoms with E-state index in [2.05, 4.69) is 61.9 Å². The first-order valence-electron chi connectivity index (χ1n) is 15.8. The van der Waals surface area contributed by atoms with Crippen LogP contribution in [0.5, 0.6) is 0 Å². The van der Waals surface area contributed by atoms with Gasteiger partial charge in [0.1, 0.15) is 11.9 Å². The van der Waals surface area contributed by atoms with Gasteiger partial charge in [0.05, 0.1) is 6.04 Å². The fourth-order valence-corrected chi connectivity index (χ4v) is 6.62. The molecule has 43 heavy (non-hydrogen) atoms. The van der Waals surface area contributed by atoms with Gasteiger partial charge in [0.15, 0.2) is 5.82 Å². The third-order valence-corrected chi connectivity index (χ3v) is 9.38. The number of benzene rings is 1. The molecule has 2 saturated heterocycles. The maximum absolute atomic E-state index is 13.5. The van der Waals surface area contributed by atoms with Crippen LogP contribution in [0.4, 0.5) is 11.6 Å². The number of hydrogen-bond donors (Lipinski definition) is 1. The number of piperidine rings is 1. The van der Waals surface area contributed by atoms with Gasteiger partial charge in [0, 0.05) is 57.4 Å². The van der Waals surface area contributed by atoms with Gasteiger partial charge in [-0.15, -0.1) is 0 Å². The zero-order valence-electron chi connectivity index (χ0n) is 26.1. The molecule has 3 aliphatic rings. The standard InChI is InChI=1S/C33H47N9O/c1-5-39(4)31-25(2)32(36-30(22-34)35-31)42(29-8-6-7-9-29)37-33(43)28-12-10-26(11-13-28)23-40-18-20-41(21-19-40)24-27-14-16-38(3)17-15-27/h5,10-13,27,29H,1,6-9,14-21,23-24H2,2-4H3,(H,37,43). The van der Waals surface area contributed by atoms with Crippen LogP contribution >= 0.6 is 0 Å². The van der Waals surface area contributed by atoms with Crippen molar-refractivity contribution in [1.82, 2.24) is 30.1 Å². The molecule has 3 heterocycles. The average molecular weight is 586 g/mol. The molecule has 3 fully saturated rings. The summed E-state index contributed by atoms with van der Waals surface area (Å²) >= 11 is 0. The molecule has 230 valence electrons. The molecular formula is C33H47N9O. The molecule has 0 bridgehead atoms. The zero-order valence-corrected chi connectivity index (χ0v) is 26.1. The number of aromatic nitrogens is 2. The molecule has 1 aromatic carbocycles. The summed E-state index contributed by atoms with van der Waals surface area (Å²) in [5.74, 6) is 1.88. The van der Waals surface area contributed by atoms with Crippen LogP contribution in [0.1, 0.15) is 65.8 Å². The molecule has 10 nitrogen and oxygen atoms in total. The Labute approximate surface area is 256 Å². The highest BCUT2D eigenvalue weighted by Crippen LogP contribution is 2.31. The Morgan fingerprint density at radius 1 is 1.02 bits per heavy atom. The second-order valence-corrected chi connectivity index (χ2v) is 12.5. The van der Waals surface area contributed by atoms with Crippen LogP contribution in [0.2, 0.25) is 0 Å². The molecule has 1 amide bonds. The van der Waals surface area contributed by atoms with E-state index in [0.717, 1.165) is 69.9 Å². The van der Waals surface area contributed by atoms with Crippen molar-refractivity contribution in [2.24, 2.45) is 5.92 Å². The van der Waals surface area contributed by atoms with Gasteiger partial charge in [-0.3, -0.25) is 20.1 Å². The minimum absolute atomic E-state index is 0.0635. The summed E-state index contributed by atoms with van der Waals surface area (Å²) in [6.07, 6.45) is 8.37. The summed E-state index contributed by atoms with van der Waals surface area (Å²) in [4.78, 5) is 31.9. The molecule has 2 aliphatic heterocycles. The monoisotopic (exact) mass is 585 g/mol. The normalized spacial score (nSPS) is 19.2. The average Bonchev–Trinajstić information content (AvgIpc) is 3.57. The van der Waals surface area contributed by atoms with E-state index in [1.165, 1.54) is 38.0 Å². The summed E-state index contributed by atoms with van der Waals surface area (Å²) < 4.78 is 0. The van der Waals surface area contributed by atoms with Crippen molar-refractivity contribution in [1.29, 1.82) is 5.26 Å². The number of amides is 1. The Kier molecular flexibility index (Phi) is 10.3. The number of hydrogen-bond acceptors (Lipinski definition) is 9. The van der Waals surface area contributed by atoms with Gasteiger partial charge >= 0.3 is 0 Å². The summed E-state index contributed by atoms with van der Waals surface area (Å²) in [6.45, 7) is 14.8. The molecule has 2 aromatic rings. The molecule has 1 saturated carbocycles. The molecule has 5 rings (SSSR count). The van der Waals surface area contributed by atoms with Gasteiger partial charge in [-0.05, 0) is 82.6 Å². The molecule has 10 heteroatoms. The Bertz CT molecular complexity index is 1280. The molecule has 0 unspecified atom stereocenters. The van der Waals surface area contributed by atoms with E-state index in [-0.39, 0.29) is 17.8 Å². The SMILES string of the molecule is C=CN(C)c1nc(C#N)nc(N(NC(=O)c2ccc(CN3CCN(CC4CCN(C)CC4)CC3)cc2)C2CCCC2)c1C. The van der Waals surface area contributed by atoms with E-state index in [0.29, 0.717) is 17.2 Å². The lowest BCUT2D eigenvalue weighted by Gasteiger charge is -2.38. The summed E-state index contributed by atoms with van der Waals surface area (Å²) in [5.41, 5.74) is 5.75. The van der Waals surface area contributed by atoms with Crippen molar-refractivity contribution in [2.75, 3.05) is 69.8 Å².